The molecule has 0 radical (unpaired) electrons. The lowest BCUT2D eigenvalue weighted by molar-refractivity contribution is 0.0954. The van der Waals surface area contributed by atoms with Gasteiger partial charge in [0.2, 0.25) is 0 Å². The summed E-state index contributed by atoms with van der Waals surface area (Å²) in [5.74, 6) is 0.831. The van der Waals surface area contributed by atoms with E-state index in [1.54, 1.807) is 13.2 Å². The fraction of sp³-hybridized carbons (Fsp3) is 0.222. The van der Waals surface area contributed by atoms with Crippen LogP contribution in [0.15, 0.2) is 53.5 Å². The van der Waals surface area contributed by atoms with Gasteiger partial charge in [-0.2, -0.15) is 0 Å². The van der Waals surface area contributed by atoms with Crippen molar-refractivity contribution in [1.82, 2.24) is 5.32 Å². The van der Waals surface area contributed by atoms with Crippen LogP contribution in [0.1, 0.15) is 15.9 Å². The minimum atomic E-state index is -0.120. The summed E-state index contributed by atoms with van der Waals surface area (Å²) in [5.41, 5.74) is 8.27. The summed E-state index contributed by atoms with van der Waals surface area (Å²) < 4.78 is 5.23. The van der Waals surface area contributed by atoms with Crippen LogP contribution in [0.4, 0.5) is 5.69 Å². The molecule has 6 nitrogen and oxygen atoms in total. The Morgan fingerprint density at radius 1 is 1.20 bits per heavy atom. The molecule has 0 saturated carbocycles. The predicted octanol–water partition coefficient (Wildman–Crippen LogP) is 2.78. The number of nitrogens with zero attached hydrogens (tertiary/aromatic N) is 1. The number of hydrogen-bond donors (Lipinski definition) is 3. The van der Waals surface area contributed by atoms with Crippen LogP contribution >= 0.6 is 24.0 Å². The Morgan fingerprint density at radius 3 is 2.68 bits per heavy atom. The molecule has 0 aliphatic rings. The van der Waals surface area contributed by atoms with Crippen molar-refractivity contribution in [1.29, 1.82) is 0 Å². The van der Waals surface area contributed by atoms with E-state index in [1.807, 2.05) is 49.4 Å². The second-order valence-corrected chi connectivity index (χ2v) is 5.22. The number of rotatable bonds is 6. The Balaban J connectivity index is 0.00000312. The number of halogens is 1. The molecule has 0 aliphatic carbocycles. The average Bonchev–Trinajstić information content (AvgIpc) is 2.59. The zero-order chi connectivity index (χ0) is 17.4. The van der Waals surface area contributed by atoms with Gasteiger partial charge in [-0.1, -0.05) is 29.8 Å². The first kappa shape index (κ1) is 20.8. The molecule has 0 fully saturated rings. The van der Waals surface area contributed by atoms with Gasteiger partial charge in [-0.3, -0.25) is 9.79 Å². The number of para-hydroxylation sites is 2. The Labute approximate surface area is 164 Å². The molecule has 0 atom stereocenters. The topological polar surface area (TPSA) is 88.7 Å². The van der Waals surface area contributed by atoms with Crippen molar-refractivity contribution in [2.45, 2.75) is 6.92 Å². The maximum Gasteiger partial charge on any atom is 0.251 e. The lowest BCUT2D eigenvalue weighted by Gasteiger charge is -2.10. The molecule has 0 spiro atoms. The number of aryl methyl sites for hydroxylation is 1. The fourth-order valence-electron chi connectivity index (χ4n) is 2.16. The van der Waals surface area contributed by atoms with Crippen molar-refractivity contribution < 1.29 is 9.53 Å². The van der Waals surface area contributed by atoms with Crippen molar-refractivity contribution in [2.75, 3.05) is 25.5 Å². The Bertz CT molecular complexity index is 735. The molecular weight excluding hydrogens is 431 g/mol. The minimum absolute atomic E-state index is 0. The Morgan fingerprint density at radius 2 is 1.96 bits per heavy atom. The van der Waals surface area contributed by atoms with Crippen LogP contribution in [-0.4, -0.2) is 32.1 Å². The summed E-state index contributed by atoms with van der Waals surface area (Å²) in [4.78, 5) is 16.2. The van der Waals surface area contributed by atoms with E-state index < -0.39 is 0 Å². The highest BCUT2D eigenvalue weighted by atomic mass is 127. The number of methoxy groups -OCH3 is 1. The number of guanidine groups is 1. The highest BCUT2D eigenvalue weighted by Gasteiger charge is 2.05. The highest BCUT2D eigenvalue weighted by molar-refractivity contribution is 14.0. The third-order valence-corrected chi connectivity index (χ3v) is 3.33. The van der Waals surface area contributed by atoms with Crippen molar-refractivity contribution >= 4 is 41.5 Å². The SMILES string of the molecule is COc1ccccc1NC(N)=NCCNC(=O)c1cccc(C)c1.I. The Hall–Kier alpha value is -2.29. The zero-order valence-corrected chi connectivity index (χ0v) is 16.6. The van der Waals surface area contributed by atoms with Crippen molar-refractivity contribution in [3.8, 4) is 5.75 Å². The summed E-state index contributed by atoms with van der Waals surface area (Å²) >= 11 is 0. The molecule has 0 aliphatic heterocycles. The highest BCUT2D eigenvalue weighted by Crippen LogP contribution is 2.22. The maximum atomic E-state index is 12.0. The first-order chi connectivity index (χ1) is 11.6. The summed E-state index contributed by atoms with van der Waals surface area (Å²) in [5, 5.41) is 5.79. The van der Waals surface area contributed by atoms with Crippen molar-refractivity contribution in [3.05, 3.63) is 59.7 Å². The van der Waals surface area contributed by atoms with E-state index in [0.717, 1.165) is 11.3 Å². The number of ether oxygens (including phenoxy) is 1. The smallest absolute Gasteiger partial charge is 0.251 e. The van der Waals surface area contributed by atoms with Gasteiger partial charge in [0.05, 0.1) is 19.3 Å². The predicted molar refractivity (Wildman–Crippen MR) is 112 cm³/mol. The number of nitrogens with one attached hydrogen (secondary N) is 2. The molecule has 0 saturated heterocycles. The lowest BCUT2D eigenvalue weighted by atomic mass is 10.1. The molecule has 134 valence electrons. The third-order valence-electron chi connectivity index (χ3n) is 3.33. The van der Waals surface area contributed by atoms with Gasteiger partial charge in [0.1, 0.15) is 5.75 Å². The molecule has 25 heavy (non-hydrogen) atoms. The van der Waals surface area contributed by atoms with Crippen LogP contribution in [0.25, 0.3) is 0 Å². The number of carbonyl (C=O) groups excluding carboxylic acids is 1. The summed E-state index contributed by atoms with van der Waals surface area (Å²) in [6.45, 7) is 2.73. The van der Waals surface area contributed by atoms with Gasteiger partial charge >= 0.3 is 0 Å². The fourth-order valence-corrected chi connectivity index (χ4v) is 2.16. The van der Waals surface area contributed by atoms with Crippen LogP contribution in [0, 0.1) is 6.92 Å². The maximum absolute atomic E-state index is 12.0. The van der Waals surface area contributed by atoms with Gasteiger partial charge < -0.3 is 21.1 Å². The molecule has 4 N–H and O–H groups in total. The van der Waals surface area contributed by atoms with E-state index >= 15 is 0 Å². The number of nitrogens with two attached hydrogens (primary N) is 1. The lowest BCUT2D eigenvalue weighted by Crippen LogP contribution is -2.28. The molecule has 2 aromatic rings. The number of hydrogen-bond acceptors (Lipinski definition) is 3. The molecular formula is C18H23IN4O2. The molecule has 1 amide bonds. The van der Waals surface area contributed by atoms with E-state index in [-0.39, 0.29) is 35.8 Å². The van der Waals surface area contributed by atoms with E-state index in [9.17, 15) is 4.79 Å². The summed E-state index contributed by atoms with van der Waals surface area (Å²) in [6, 6.07) is 14.9. The largest absolute Gasteiger partial charge is 0.495 e. The number of carbonyl (C=O) groups is 1. The number of benzene rings is 2. The summed E-state index contributed by atoms with van der Waals surface area (Å²) in [6.07, 6.45) is 0. The monoisotopic (exact) mass is 454 g/mol. The number of amides is 1. The molecule has 0 heterocycles. The van der Waals surface area contributed by atoms with Crippen LogP contribution < -0.4 is 21.1 Å². The number of aliphatic imine (C=N–C) groups is 1. The Kier molecular flexibility index (Phi) is 8.76. The second kappa shape index (κ2) is 10.5. The molecule has 7 heteroatoms. The molecule has 0 unspecified atom stereocenters. The van der Waals surface area contributed by atoms with Gasteiger partial charge in [-0.25, -0.2) is 0 Å². The molecule has 2 rings (SSSR count). The van der Waals surface area contributed by atoms with Gasteiger partial charge in [-0.15, -0.1) is 24.0 Å². The third kappa shape index (κ3) is 6.61. The van der Waals surface area contributed by atoms with Crippen LogP contribution in [-0.2, 0) is 0 Å². The van der Waals surface area contributed by atoms with E-state index in [1.165, 1.54) is 0 Å². The normalized spacial score (nSPS) is 10.6. The minimum Gasteiger partial charge on any atom is -0.495 e. The molecule has 0 aromatic heterocycles. The number of anilines is 1. The second-order valence-electron chi connectivity index (χ2n) is 5.22. The van der Waals surface area contributed by atoms with Gasteiger partial charge in [0.25, 0.3) is 5.91 Å². The van der Waals surface area contributed by atoms with Crippen molar-refractivity contribution in [3.63, 3.8) is 0 Å². The quantitative estimate of drug-likeness (QED) is 0.271. The van der Waals surface area contributed by atoms with E-state index in [4.69, 9.17) is 10.5 Å². The van der Waals surface area contributed by atoms with Crippen LogP contribution in [0.5, 0.6) is 5.75 Å². The first-order valence-corrected chi connectivity index (χ1v) is 7.65. The standard InChI is InChI=1S/C18H22N4O2.HI/c1-13-6-5-7-14(12-13)17(23)20-10-11-21-18(19)22-15-8-3-4-9-16(15)24-2;/h3-9,12H,10-11H2,1-2H3,(H,20,23)(H3,19,21,22);1H. The van der Waals surface area contributed by atoms with Gasteiger partial charge in [0, 0.05) is 12.1 Å². The van der Waals surface area contributed by atoms with Gasteiger partial charge in [-0.05, 0) is 31.2 Å². The van der Waals surface area contributed by atoms with E-state index in [2.05, 4.69) is 15.6 Å². The molecule has 2 aromatic carbocycles. The van der Waals surface area contributed by atoms with Crippen LogP contribution in [0.3, 0.4) is 0 Å². The molecule has 0 bridgehead atoms. The summed E-state index contributed by atoms with van der Waals surface area (Å²) in [7, 11) is 1.59. The van der Waals surface area contributed by atoms with E-state index in [0.29, 0.717) is 24.4 Å². The average molecular weight is 454 g/mol. The van der Waals surface area contributed by atoms with Crippen LogP contribution in [0.2, 0.25) is 0 Å². The zero-order valence-electron chi connectivity index (χ0n) is 14.3. The van der Waals surface area contributed by atoms with Crippen molar-refractivity contribution in [2.24, 2.45) is 10.7 Å². The first-order valence-electron chi connectivity index (χ1n) is 7.65. The van der Waals surface area contributed by atoms with Gasteiger partial charge in [0.15, 0.2) is 5.96 Å².